The van der Waals surface area contributed by atoms with Crippen LogP contribution in [0.2, 0.25) is 5.02 Å². The van der Waals surface area contributed by atoms with Gasteiger partial charge in [-0.15, -0.1) is 0 Å². The number of hydrogen-bond donors (Lipinski definition) is 1. The van der Waals surface area contributed by atoms with Crippen LogP contribution < -0.4 is 19.7 Å². The standard InChI is InChI=1S/C19H19ClN2O5/c1-25-16-8-3-12(9-17(16)26-2)18(23)21-10-15-11-22(19(24)27-15)14-6-4-13(20)5-7-14/h3-9,15H,10-11H2,1-2H3,(H,21,23). The minimum atomic E-state index is -0.456. The minimum absolute atomic E-state index is 0.197. The Bertz CT molecular complexity index is 840. The third-order valence-electron chi connectivity index (χ3n) is 4.15. The van der Waals surface area contributed by atoms with Gasteiger partial charge in [0.2, 0.25) is 0 Å². The van der Waals surface area contributed by atoms with E-state index in [1.807, 2.05) is 0 Å². The normalized spacial score (nSPS) is 16.0. The molecule has 1 unspecified atom stereocenters. The van der Waals surface area contributed by atoms with E-state index >= 15 is 0 Å². The van der Waals surface area contributed by atoms with Gasteiger partial charge in [0, 0.05) is 16.3 Å². The summed E-state index contributed by atoms with van der Waals surface area (Å²) in [4.78, 5) is 25.9. The van der Waals surface area contributed by atoms with Crippen molar-refractivity contribution in [3.63, 3.8) is 0 Å². The van der Waals surface area contributed by atoms with Gasteiger partial charge in [-0.05, 0) is 42.5 Å². The first-order chi connectivity index (χ1) is 13.0. The van der Waals surface area contributed by atoms with Crippen LogP contribution in [0.1, 0.15) is 10.4 Å². The molecular formula is C19H19ClN2O5. The van der Waals surface area contributed by atoms with Crippen molar-refractivity contribution >= 4 is 29.3 Å². The van der Waals surface area contributed by atoms with Crippen LogP contribution in [0.3, 0.4) is 0 Å². The van der Waals surface area contributed by atoms with Gasteiger partial charge in [0.1, 0.15) is 6.10 Å². The Morgan fingerprint density at radius 2 is 1.89 bits per heavy atom. The molecule has 1 heterocycles. The van der Waals surface area contributed by atoms with Crippen LogP contribution in [0.5, 0.6) is 11.5 Å². The zero-order valence-electron chi connectivity index (χ0n) is 14.9. The lowest BCUT2D eigenvalue weighted by molar-refractivity contribution is 0.0915. The summed E-state index contributed by atoms with van der Waals surface area (Å²) < 4.78 is 15.7. The number of anilines is 1. The third-order valence-corrected chi connectivity index (χ3v) is 4.40. The van der Waals surface area contributed by atoms with Crippen molar-refractivity contribution in [2.75, 3.05) is 32.2 Å². The van der Waals surface area contributed by atoms with Crippen LogP contribution in [-0.4, -0.2) is 45.4 Å². The molecule has 1 aliphatic heterocycles. The predicted octanol–water partition coefficient (Wildman–Crippen LogP) is 3.11. The Balaban J connectivity index is 1.59. The topological polar surface area (TPSA) is 77.1 Å². The summed E-state index contributed by atoms with van der Waals surface area (Å²) >= 11 is 5.87. The Labute approximate surface area is 161 Å². The molecular weight excluding hydrogens is 372 g/mol. The lowest BCUT2D eigenvalue weighted by atomic mass is 10.2. The number of carbonyl (C=O) groups excluding carboxylic acids is 2. The summed E-state index contributed by atoms with van der Waals surface area (Å²) in [5, 5.41) is 3.36. The highest BCUT2D eigenvalue weighted by atomic mass is 35.5. The van der Waals surface area contributed by atoms with Gasteiger partial charge < -0.3 is 19.5 Å². The van der Waals surface area contributed by atoms with E-state index < -0.39 is 12.2 Å². The van der Waals surface area contributed by atoms with E-state index in [0.717, 1.165) is 0 Å². The fraction of sp³-hybridized carbons (Fsp3) is 0.263. The van der Waals surface area contributed by atoms with Crippen molar-refractivity contribution in [1.29, 1.82) is 0 Å². The van der Waals surface area contributed by atoms with Crippen LogP contribution in [0.25, 0.3) is 0 Å². The second-order valence-corrected chi connectivity index (χ2v) is 6.31. The van der Waals surface area contributed by atoms with E-state index in [2.05, 4.69) is 5.32 Å². The molecule has 2 amide bonds. The smallest absolute Gasteiger partial charge is 0.414 e. The summed E-state index contributed by atoms with van der Waals surface area (Å²) in [5.74, 6) is 0.709. The van der Waals surface area contributed by atoms with Crippen molar-refractivity contribution in [3.05, 3.63) is 53.1 Å². The SMILES string of the molecule is COc1ccc(C(=O)NCC2CN(c3ccc(Cl)cc3)C(=O)O2)cc1OC. The highest BCUT2D eigenvalue weighted by Crippen LogP contribution is 2.27. The number of amides is 2. The first kappa shape index (κ1) is 18.8. The van der Waals surface area contributed by atoms with Gasteiger partial charge in [-0.25, -0.2) is 4.79 Å². The largest absolute Gasteiger partial charge is 0.493 e. The van der Waals surface area contributed by atoms with Gasteiger partial charge in [-0.2, -0.15) is 0 Å². The second-order valence-electron chi connectivity index (χ2n) is 5.87. The Morgan fingerprint density at radius 3 is 2.56 bits per heavy atom. The van der Waals surface area contributed by atoms with E-state index in [9.17, 15) is 9.59 Å². The fourth-order valence-electron chi connectivity index (χ4n) is 2.75. The predicted molar refractivity (Wildman–Crippen MR) is 101 cm³/mol. The average Bonchev–Trinajstić information content (AvgIpc) is 3.06. The first-order valence-electron chi connectivity index (χ1n) is 8.25. The van der Waals surface area contributed by atoms with Gasteiger partial charge in [0.05, 0.1) is 27.3 Å². The summed E-state index contributed by atoms with van der Waals surface area (Å²) in [5.41, 5.74) is 1.12. The molecule has 0 spiro atoms. The van der Waals surface area contributed by atoms with Gasteiger partial charge in [-0.3, -0.25) is 9.69 Å². The molecule has 27 heavy (non-hydrogen) atoms. The molecule has 7 nitrogen and oxygen atoms in total. The number of nitrogens with one attached hydrogen (secondary N) is 1. The second kappa shape index (κ2) is 8.18. The van der Waals surface area contributed by atoms with Crippen molar-refractivity contribution in [3.8, 4) is 11.5 Å². The zero-order chi connectivity index (χ0) is 19.4. The molecule has 0 aliphatic carbocycles. The van der Waals surface area contributed by atoms with Gasteiger partial charge in [0.15, 0.2) is 11.5 Å². The van der Waals surface area contributed by atoms with E-state index in [4.69, 9.17) is 25.8 Å². The molecule has 1 aliphatic rings. The molecule has 1 fully saturated rings. The number of carbonyl (C=O) groups is 2. The van der Waals surface area contributed by atoms with Crippen LogP contribution in [0, 0.1) is 0 Å². The molecule has 0 radical (unpaired) electrons. The van der Waals surface area contributed by atoms with Crippen molar-refractivity contribution in [2.45, 2.75) is 6.10 Å². The molecule has 1 atom stereocenters. The summed E-state index contributed by atoms with van der Waals surface area (Å²) in [7, 11) is 3.03. The highest BCUT2D eigenvalue weighted by molar-refractivity contribution is 6.30. The summed E-state index contributed by atoms with van der Waals surface area (Å²) in [6, 6.07) is 11.8. The maximum Gasteiger partial charge on any atom is 0.414 e. The molecule has 0 aromatic heterocycles. The molecule has 1 saturated heterocycles. The van der Waals surface area contributed by atoms with Crippen LogP contribution in [0.15, 0.2) is 42.5 Å². The van der Waals surface area contributed by atoms with E-state index in [0.29, 0.717) is 34.3 Å². The Kier molecular flexibility index (Phi) is 5.71. The van der Waals surface area contributed by atoms with Crippen molar-refractivity contribution in [2.24, 2.45) is 0 Å². The monoisotopic (exact) mass is 390 g/mol. The summed E-state index contributed by atoms with van der Waals surface area (Å²) in [6.45, 7) is 0.537. The van der Waals surface area contributed by atoms with E-state index in [1.165, 1.54) is 19.1 Å². The lowest BCUT2D eigenvalue weighted by Gasteiger charge is -2.13. The lowest BCUT2D eigenvalue weighted by Crippen LogP contribution is -2.34. The number of nitrogens with zero attached hydrogens (tertiary/aromatic N) is 1. The number of methoxy groups -OCH3 is 2. The maximum absolute atomic E-state index is 12.4. The molecule has 0 saturated carbocycles. The summed E-state index contributed by atoms with van der Waals surface area (Å²) in [6.07, 6.45) is -0.903. The maximum atomic E-state index is 12.4. The minimum Gasteiger partial charge on any atom is -0.493 e. The van der Waals surface area contributed by atoms with E-state index in [1.54, 1.807) is 42.5 Å². The highest BCUT2D eigenvalue weighted by Gasteiger charge is 2.32. The molecule has 142 valence electrons. The Hall–Kier alpha value is -2.93. The zero-order valence-corrected chi connectivity index (χ0v) is 15.7. The quantitative estimate of drug-likeness (QED) is 0.820. The molecule has 2 aromatic carbocycles. The molecule has 3 rings (SSSR count). The van der Waals surface area contributed by atoms with Crippen LogP contribution in [0.4, 0.5) is 10.5 Å². The average molecular weight is 391 g/mol. The van der Waals surface area contributed by atoms with Gasteiger partial charge in [0.25, 0.3) is 5.91 Å². The fourth-order valence-corrected chi connectivity index (χ4v) is 2.87. The van der Waals surface area contributed by atoms with Crippen molar-refractivity contribution in [1.82, 2.24) is 5.32 Å². The molecule has 1 N–H and O–H groups in total. The number of hydrogen-bond acceptors (Lipinski definition) is 5. The first-order valence-corrected chi connectivity index (χ1v) is 8.63. The molecule has 8 heteroatoms. The van der Waals surface area contributed by atoms with E-state index in [-0.39, 0.29) is 12.5 Å². The number of cyclic esters (lactones) is 1. The number of ether oxygens (including phenoxy) is 3. The number of benzene rings is 2. The Morgan fingerprint density at radius 1 is 1.19 bits per heavy atom. The van der Waals surface area contributed by atoms with Gasteiger partial charge >= 0.3 is 6.09 Å². The van der Waals surface area contributed by atoms with Crippen LogP contribution in [-0.2, 0) is 4.74 Å². The van der Waals surface area contributed by atoms with Gasteiger partial charge in [-0.1, -0.05) is 11.6 Å². The number of rotatable bonds is 6. The van der Waals surface area contributed by atoms with Crippen LogP contribution >= 0.6 is 11.6 Å². The molecule has 2 aromatic rings. The number of halogens is 1. The third kappa shape index (κ3) is 4.25. The van der Waals surface area contributed by atoms with Crippen molar-refractivity contribution < 1.29 is 23.8 Å². The molecule has 0 bridgehead atoms.